The fourth-order valence-corrected chi connectivity index (χ4v) is 4.77. The van der Waals surface area contributed by atoms with Crippen molar-refractivity contribution < 1.29 is 22.0 Å². The van der Waals surface area contributed by atoms with E-state index >= 15 is 0 Å². The number of nitrogens with zero attached hydrogens (tertiary/aromatic N) is 6. The van der Waals surface area contributed by atoms with Gasteiger partial charge in [0.1, 0.15) is 0 Å². The number of halogens is 2. The van der Waals surface area contributed by atoms with Crippen LogP contribution >= 0.6 is 38.6 Å². The number of H-pyrrole nitrogens is 2. The van der Waals surface area contributed by atoms with Gasteiger partial charge in [-0.2, -0.15) is 9.97 Å². The topological polar surface area (TPSA) is 185 Å². The number of thiazole rings is 2. The molecule has 6 heterocycles. The van der Waals surface area contributed by atoms with Crippen LogP contribution in [0.1, 0.15) is 11.1 Å². The molecule has 0 aliphatic heterocycles. The summed E-state index contributed by atoms with van der Waals surface area (Å²) in [6.45, 7) is 0.434. The number of alkyl halides is 1. The predicted octanol–water partition coefficient (Wildman–Crippen LogP) is -0.760. The number of rotatable bonds is 3. The standard InChI is InChI=1S/C11H9N5OS.C6H6BrN.C5H4N4OS.BrH/c12-10-14-5-8-9(15-10)16(11(17)18-8)6-7-2-1-3-13-4-7;7-4-6-2-1-3-8-5-6;6-4-7-1-2-3(8-4)9-5(10)11-2;/h1-5H,6H2,(H2,12,14,15);1-3,5H,4H2;1H,(H3,6,7,8,9,10);1H. The Labute approximate surface area is 241 Å². The Kier molecular flexibility index (Phi) is 10.5. The molecule has 16 heteroatoms. The lowest BCUT2D eigenvalue weighted by molar-refractivity contribution is -0.378. The van der Waals surface area contributed by atoms with Crippen LogP contribution in [0, 0.1) is 0 Å². The van der Waals surface area contributed by atoms with E-state index in [4.69, 9.17) is 11.5 Å². The minimum Gasteiger partial charge on any atom is -1.00 e. The summed E-state index contributed by atoms with van der Waals surface area (Å²) in [4.78, 5) is 47.5. The second kappa shape index (κ2) is 13.8. The summed E-state index contributed by atoms with van der Waals surface area (Å²) in [6.07, 6.45) is 10.4. The van der Waals surface area contributed by atoms with Gasteiger partial charge in [-0.25, -0.2) is 15.0 Å². The number of hydrogen-bond donors (Lipinski definition) is 3. The molecule has 0 saturated heterocycles. The van der Waals surface area contributed by atoms with Crippen LogP contribution in [-0.2, 0) is 11.9 Å². The van der Waals surface area contributed by atoms with Crippen LogP contribution < -0.4 is 43.2 Å². The molecular weight excluding hydrogens is 660 g/mol. The molecule has 0 spiro atoms. The van der Waals surface area contributed by atoms with E-state index in [1.54, 1.807) is 23.2 Å². The molecule has 0 amide bonds. The molecule has 38 heavy (non-hydrogen) atoms. The average molecular weight is 680 g/mol. The first-order valence-electron chi connectivity index (χ1n) is 10.6. The summed E-state index contributed by atoms with van der Waals surface area (Å²) in [5.74, 6) is 0.340. The van der Waals surface area contributed by atoms with E-state index < -0.39 is 0 Å². The number of anilines is 2. The molecule has 6 aromatic rings. The number of aromatic nitrogens is 8. The molecule has 0 saturated carbocycles. The van der Waals surface area contributed by atoms with Crippen molar-refractivity contribution in [2.75, 3.05) is 11.5 Å². The van der Waals surface area contributed by atoms with Gasteiger partial charge in [-0.3, -0.25) is 24.1 Å². The first-order valence-corrected chi connectivity index (χ1v) is 13.3. The number of nitrogens with one attached hydrogen (secondary N) is 2. The van der Waals surface area contributed by atoms with Gasteiger partial charge in [0.15, 0.2) is 23.7 Å². The lowest BCUT2D eigenvalue weighted by atomic mass is 10.3. The van der Waals surface area contributed by atoms with Crippen molar-refractivity contribution in [1.29, 1.82) is 0 Å². The lowest BCUT2D eigenvalue weighted by Crippen LogP contribution is -3.00. The van der Waals surface area contributed by atoms with E-state index in [1.165, 1.54) is 11.8 Å². The third kappa shape index (κ3) is 7.70. The van der Waals surface area contributed by atoms with Crippen LogP contribution in [0.25, 0.3) is 20.7 Å². The zero-order chi connectivity index (χ0) is 26.2. The van der Waals surface area contributed by atoms with Gasteiger partial charge in [-0.05, 0) is 17.7 Å². The highest BCUT2D eigenvalue weighted by Crippen LogP contribution is 2.15. The maximum Gasteiger partial charge on any atom is 0.309 e. The Bertz CT molecular complexity index is 1720. The molecule has 0 atom stereocenters. The van der Waals surface area contributed by atoms with Gasteiger partial charge in [0.25, 0.3) is 0 Å². The Morgan fingerprint density at radius 1 is 0.974 bits per heavy atom. The highest BCUT2D eigenvalue weighted by molar-refractivity contribution is 9.08. The first kappa shape index (κ1) is 29.0. The smallest absolute Gasteiger partial charge is 0.309 e. The second-order valence-electron chi connectivity index (χ2n) is 7.23. The van der Waals surface area contributed by atoms with Crippen LogP contribution in [0.5, 0.6) is 0 Å². The summed E-state index contributed by atoms with van der Waals surface area (Å²) in [6, 6.07) is 7.79. The molecule has 0 aromatic carbocycles. The molecule has 0 bridgehead atoms. The van der Waals surface area contributed by atoms with Crippen LogP contribution in [-0.4, -0.2) is 34.5 Å². The highest BCUT2D eigenvalue weighted by atomic mass is 79.9. The predicted molar refractivity (Wildman–Crippen MR) is 148 cm³/mol. The molecule has 0 radical (unpaired) electrons. The van der Waals surface area contributed by atoms with E-state index in [1.807, 2.05) is 30.6 Å². The quantitative estimate of drug-likeness (QED) is 0.202. The molecule has 196 valence electrons. The molecule has 6 rings (SSSR count). The molecule has 6 N–H and O–H groups in total. The van der Waals surface area contributed by atoms with Gasteiger partial charge in [0, 0.05) is 29.4 Å². The molecular formula is C22H20Br2N10O2S2. The number of nitrogen functional groups attached to an aromatic ring is 2. The van der Waals surface area contributed by atoms with Gasteiger partial charge in [-0.15, -0.1) is 0 Å². The number of aromatic amines is 2. The highest BCUT2D eigenvalue weighted by Gasteiger charge is 2.10. The van der Waals surface area contributed by atoms with Crippen molar-refractivity contribution in [1.82, 2.24) is 34.5 Å². The maximum atomic E-state index is 11.9. The summed E-state index contributed by atoms with van der Waals surface area (Å²) < 4.78 is 3.04. The summed E-state index contributed by atoms with van der Waals surface area (Å²) in [7, 11) is 0. The van der Waals surface area contributed by atoms with E-state index in [0.717, 1.165) is 43.0 Å². The van der Waals surface area contributed by atoms with Gasteiger partial charge >= 0.3 is 9.75 Å². The number of fused-ring (bicyclic) bond motifs is 2. The van der Waals surface area contributed by atoms with Gasteiger partial charge in [0.05, 0.1) is 28.3 Å². The van der Waals surface area contributed by atoms with Crippen molar-refractivity contribution in [3.8, 4) is 0 Å². The maximum absolute atomic E-state index is 11.9. The minimum absolute atomic E-state index is 0. The number of pyridine rings is 2. The molecule has 6 aromatic heterocycles. The fraction of sp³-hybridized carbons (Fsp3) is 0.0909. The van der Waals surface area contributed by atoms with Crippen molar-refractivity contribution in [2.45, 2.75) is 11.9 Å². The van der Waals surface area contributed by atoms with Crippen molar-refractivity contribution in [2.24, 2.45) is 0 Å². The zero-order valence-electron chi connectivity index (χ0n) is 19.4. The average Bonchev–Trinajstić information content (AvgIpc) is 3.43. The molecule has 0 aliphatic carbocycles. The molecule has 12 nitrogen and oxygen atoms in total. The van der Waals surface area contributed by atoms with Crippen LogP contribution in [0.3, 0.4) is 0 Å². The largest absolute Gasteiger partial charge is 1.00 e. The fourth-order valence-electron chi connectivity index (χ4n) is 2.97. The Hall–Kier alpha value is -3.60. The van der Waals surface area contributed by atoms with E-state index in [-0.39, 0.29) is 38.6 Å². The third-order valence-electron chi connectivity index (χ3n) is 4.61. The molecule has 0 unspecified atom stereocenters. The Balaban J connectivity index is 0.000000171. The van der Waals surface area contributed by atoms with Crippen LogP contribution in [0.4, 0.5) is 11.9 Å². The van der Waals surface area contributed by atoms with Gasteiger partial charge < -0.3 is 28.4 Å². The number of nitrogens with two attached hydrogens (primary N) is 2. The van der Waals surface area contributed by atoms with Crippen molar-refractivity contribution in [3.63, 3.8) is 0 Å². The first-order chi connectivity index (χ1) is 17.9. The number of hydrogen-bond acceptors (Lipinski definition) is 11. The van der Waals surface area contributed by atoms with Crippen LogP contribution in [0.15, 0.2) is 71.0 Å². The molecule has 0 fully saturated rings. The second-order valence-corrected chi connectivity index (χ2v) is 9.80. The van der Waals surface area contributed by atoms with Crippen molar-refractivity contribution >= 4 is 71.2 Å². The van der Waals surface area contributed by atoms with E-state index in [0.29, 0.717) is 17.8 Å². The summed E-state index contributed by atoms with van der Waals surface area (Å²) >= 11 is 5.52. The Morgan fingerprint density at radius 3 is 2.37 bits per heavy atom. The normalized spacial score (nSPS) is 10.1. The van der Waals surface area contributed by atoms with E-state index in [9.17, 15) is 9.59 Å². The van der Waals surface area contributed by atoms with Gasteiger partial charge in [-0.1, -0.05) is 44.7 Å². The van der Waals surface area contributed by atoms with E-state index in [2.05, 4.69) is 56.9 Å². The molecule has 0 aliphatic rings. The SMILES string of the molecule is BrCc1ccc[nH+]c1.Nc1ncc2sc(=O)[nH]c2n1.Nc1ncc2sc(=O)n(Cc3cccnc3)c2n1.[Br-]. The monoisotopic (exact) mass is 678 g/mol. The summed E-state index contributed by atoms with van der Waals surface area (Å²) in [5, 5.41) is 0.921. The third-order valence-corrected chi connectivity index (χ3v) is 6.97. The minimum atomic E-state index is -0.139. The van der Waals surface area contributed by atoms with Crippen molar-refractivity contribution in [3.05, 3.63) is 91.9 Å². The van der Waals surface area contributed by atoms with Crippen LogP contribution in [0.2, 0.25) is 0 Å². The summed E-state index contributed by atoms with van der Waals surface area (Å²) in [5.41, 5.74) is 14.1. The Morgan fingerprint density at radius 2 is 1.71 bits per heavy atom. The van der Waals surface area contributed by atoms with Gasteiger partial charge in [0.2, 0.25) is 11.9 Å². The zero-order valence-corrected chi connectivity index (χ0v) is 24.2. The lowest BCUT2D eigenvalue weighted by Gasteiger charge is -2.02.